The molecule has 8 heteroatoms. The Morgan fingerprint density at radius 1 is 1.48 bits per heavy atom. The maximum absolute atomic E-state index is 11.8. The Labute approximate surface area is 136 Å². The Bertz CT molecular complexity index is 689. The van der Waals surface area contributed by atoms with Gasteiger partial charge in [0.25, 0.3) is 0 Å². The zero-order valence-corrected chi connectivity index (χ0v) is 12.9. The number of rotatable bonds is 5. The van der Waals surface area contributed by atoms with Crippen LogP contribution in [0.5, 0.6) is 0 Å². The second-order valence-corrected chi connectivity index (χ2v) is 6.21. The van der Waals surface area contributed by atoms with E-state index in [-0.39, 0.29) is 23.6 Å². The number of amides is 1. The van der Waals surface area contributed by atoms with Gasteiger partial charge >= 0.3 is 5.97 Å². The molecule has 7 nitrogen and oxygen atoms in total. The lowest BCUT2D eigenvalue weighted by Crippen LogP contribution is -2.68. The first kappa shape index (κ1) is 15.6. The SMILES string of the molecule is N[C@@H]1C(=O)N2C(C(=O)O)=C(C=NOCc3ccccc3)CS[C@@H]12. The van der Waals surface area contributed by atoms with Gasteiger partial charge in [-0.15, -0.1) is 11.8 Å². The average Bonchev–Trinajstić information content (AvgIpc) is 2.58. The molecule has 3 rings (SSSR count). The average molecular weight is 333 g/mol. The molecule has 2 atom stereocenters. The number of nitrogens with zero attached hydrogens (tertiary/aromatic N) is 2. The standard InChI is InChI=1S/C15H15N3O4S/c16-11-13(19)18-12(15(20)21)10(8-23-14(11)18)6-17-22-7-9-4-2-1-3-5-9/h1-6,11,14H,7-8,16H2,(H,20,21)/t11-,14+/m1/s1. The second kappa shape index (κ2) is 6.43. The summed E-state index contributed by atoms with van der Waals surface area (Å²) in [6, 6.07) is 8.86. The van der Waals surface area contributed by atoms with Crippen LogP contribution < -0.4 is 5.73 Å². The van der Waals surface area contributed by atoms with Crippen molar-refractivity contribution in [2.75, 3.05) is 5.75 Å². The Balaban J connectivity index is 1.71. The van der Waals surface area contributed by atoms with Gasteiger partial charge in [0, 0.05) is 11.3 Å². The molecule has 23 heavy (non-hydrogen) atoms. The van der Waals surface area contributed by atoms with Crippen molar-refractivity contribution < 1.29 is 19.5 Å². The number of oxime groups is 1. The fourth-order valence-electron chi connectivity index (χ4n) is 2.43. The second-order valence-electron chi connectivity index (χ2n) is 5.11. The van der Waals surface area contributed by atoms with Crippen molar-refractivity contribution in [2.45, 2.75) is 18.0 Å². The molecule has 0 radical (unpaired) electrons. The van der Waals surface area contributed by atoms with Gasteiger partial charge in [-0.3, -0.25) is 9.69 Å². The number of nitrogens with two attached hydrogens (primary N) is 1. The van der Waals surface area contributed by atoms with Gasteiger partial charge in [-0.2, -0.15) is 0 Å². The van der Waals surface area contributed by atoms with Crippen LogP contribution in [0, 0.1) is 0 Å². The number of benzene rings is 1. The lowest BCUT2D eigenvalue weighted by atomic mass is 10.0. The highest BCUT2D eigenvalue weighted by atomic mass is 32.2. The fourth-order valence-corrected chi connectivity index (χ4v) is 3.67. The van der Waals surface area contributed by atoms with Crippen LogP contribution in [0.2, 0.25) is 0 Å². The monoisotopic (exact) mass is 333 g/mol. The molecule has 2 heterocycles. The van der Waals surface area contributed by atoms with Gasteiger partial charge < -0.3 is 15.7 Å². The zero-order chi connectivity index (χ0) is 16.4. The van der Waals surface area contributed by atoms with E-state index in [4.69, 9.17) is 10.6 Å². The first-order valence-corrected chi connectivity index (χ1v) is 8.00. The molecule has 1 saturated heterocycles. The molecular formula is C15H15N3O4S. The van der Waals surface area contributed by atoms with Gasteiger partial charge in [0.2, 0.25) is 5.91 Å². The van der Waals surface area contributed by atoms with Gasteiger partial charge in [0.15, 0.2) is 0 Å². The van der Waals surface area contributed by atoms with E-state index in [0.717, 1.165) is 5.56 Å². The third-order valence-corrected chi connectivity index (χ3v) is 4.92. The van der Waals surface area contributed by atoms with Crippen LogP contribution in [-0.2, 0) is 21.0 Å². The highest BCUT2D eigenvalue weighted by Gasteiger charge is 2.51. The van der Waals surface area contributed by atoms with Crippen molar-refractivity contribution >= 4 is 29.9 Å². The van der Waals surface area contributed by atoms with Crippen LogP contribution in [0.15, 0.2) is 46.8 Å². The lowest BCUT2D eigenvalue weighted by molar-refractivity contribution is -0.147. The molecule has 0 aromatic heterocycles. The van der Waals surface area contributed by atoms with E-state index in [2.05, 4.69) is 5.16 Å². The molecule has 2 aliphatic rings. The van der Waals surface area contributed by atoms with E-state index in [9.17, 15) is 14.7 Å². The van der Waals surface area contributed by atoms with Gasteiger partial charge in [0.05, 0.1) is 6.21 Å². The molecule has 0 aliphatic carbocycles. The minimum atomic E-state index is -1.17. The Kier molecular flexibility index (Phi) is 4.35. The van der Waals surface area contributed by atoms with E-state index in [1.54, 1.807) is 0 Å². The third-order valence-electron chi connectivity index (χ3n) is 3.60. The number of carbonyl (C=O) groups is 2. The maximum atomic E-state index is 11.8. The number of thioether (sulfide) groups is 1. The van der Waals surface area contributed by atoms with Crippen LogP contribution in [0.1, 0.15) is 5.56 Å². The van der Waals surface area contributed by atoms with Crippen molar-refractivity contribution in [1.29, 1.82) is 0 Å². The summed E-state index contributed by atoms with van der Waals surface area (Å²) in [5.41, 5.74) is 7.02. The molecule has 0 unspecified atom stereocenters. The number of hydrogen-bond donors (Lipinski definition) is 2. The Morgan fingerprint density at radius 2 is 2.22 bits per heavy atom. The van der Waals surface area contributed by atoms with Gasteiger partial charge in [-0.25, -0.2) is 4.79 Å². The summed E-state index contributed by atoms with van der Waals surface area (Å²) >= 11 is 1.42. The van der Waals surface area contributed by atoms with Crippen molar-refractivity contribution in [1.82, 2.24) is 4.90 Å². The summed E-state index contributed by atoms with van der Waals surface area (Å²) in [6.45, 7) is 0.288. The predicted molar refractivity (Wildman–Crippen MR) is 85.5 cm³/mol. The smallest absolute Gasteiger partial charge is 0.353 e. The van der Waals surface area contributed by atoms with Crippen LogP contribution in [0.4, 0.5) is 0 Å². The number of carbonyl (C=O) groups excluding carboxylic acids is 1. The summed E-state index contributed by atoms with van der Waals surface area (Å²) < 4.78 is 0. The van der Waals surface area contributed by atoms with E-state index in [1.165, 1.54) is 22.9 Å². The largest absolute Gasteiger partial charge is 0.477 e. The fraction of sp³-hybridized carbons (Fsp3) is 0.267. The molecule has 1 fully saturated rings. The minimum absolute atomic E-state index is 0.0625. The highest BCUT2D eigenvalue weighted by Crippen LogP contribution is 2.38. The minimum Gasteiger partial charge on any atom is -0.477 e. The van der Waals surface area contributed by atoms with Crippen molar-refractivity contribution in [3.05, 3.63) is 47.2 Å². The van der Waals surface area contributed by atoms with Crippen LogP contribution in [0.3, 0.4) is 0 Å². The van der Waals surface area contributed by atoms with Crippen LogP contribution in [0.25, 0.3) is 0 Å². The lowest BCUT2D eigenvalue weighted by Gasteiger charge is -2.47. The summed E-state index contributed by atoms with van der Waals surface area (Å²) in [5.74, 6) is -1.13. The Morgan fingerprint density at radius 3 is 2.91 bits per heavy atom. The van der Waals surface area contributed by atoms with E-state index >= 15 is 0 Å². The number of β-lactam (4-membered cyclic amide) rings is 1. The summed E-state index contributed by atoms with van der Waals surface area (Å²) in [7, 11) is 0. The number of carboxylic acids is 1. The van der Waals surface area contributed by atoms with Gasteiger partial charge in [-0.05, 0) is 5.56 Å². The van der Waals surface area contributed by atoms with E-state index < -0.39 is 12.0 Å². The molecule has 1 aromatic rings. The van der Waals surface area contributed by atoms with Gasteiger partial charge in [-0.1, -0.05) is 35.5 Å². The molecule has 120 valence electrons. The predicted octanol–water partition coefficient (Wildman–Crippen LogP) is 0.770. The highest BCUT2D eigenvalue weighted by molar-refractivity contribution is 8.00. The maximum Gasteiger partial charge on any atom is 0.353 e. The van der Waals surface area contributed by atoms with Crippen molar-refractivity contribution in [3.8, 4) is 0 Å². The first-order valence-electron chi connectivity index (χ1n) is 6.95. The topological polar surface area (TPSA) is 105 Å². The van der Waals surface area contributed by atoms with Crippen molar-refractivity contribution in [2.24, 2.45) is 10.9 Å². The summed E-state index contributed by atoms with van der Waals surface area (Å²) in [4.78, 5) is 29.6. The van der Waals surface area contributed by atoms with E-state index in [1.807, 2.05) is 30.3 Å². The molecule has 0 bridgehead atoms. The van der Waals surface area contributed by atoms with Crippen LogP contribution >= 0.6 is 11.8 Å². The normalized spacial score (nSPS) is 23.7. The number of fused-ring (bicyclic) bond motifs is 1. The third kappa shape index (κ3) is 2.95. The first-order chi connectivity index (χ1) is 11.1. The molecule has 1 amide bonds. The summed E-state index contributed by atoms with van der Waals surface area (Å²) in [6.07, 6.45) is 1.35. The quantitative estimate of drug-likeness (QED) is 0.468. The number of aliphatic carboxylic acids is 1. The molecule has 0 saturated carbocycles. The van der Waals surface area contributed by atoms with Crippen LogP contribution in [-0.4, -0.2) is 45.3 Å². The van der Waals surface area contributed by atoms with Gasteiger partial charge in [0.1, 0.15) is 23.7 Å². The number of carboxylic acid groups (broad SMARTS) is 1. The zero-order valence-electron chi connectivity index (χ0n) is 12.1. The number of hydrogen-bond acceptors (Lipinski definition) is 6. The van der Waals surface area contributed by atoms with Crippen molar-refractivity contribution in [3.63, 3.8) is 0 Å². The Hall–Kier alpha value is -2.32. The molecule has 1 aromatic carbocycles. The molecular weight excluding hydrogens is 318 g/mol. The molecule has 2 aliphatic heterocycles. The van der Waals surface area contributed by atoms with E-state index in [0.29, 0.717) is 11.3 Å². The molecule has 0 spiro atoms. The molecule has 3 N–H and O–H groups in total. The summed E-state index contributed by atoms with van der Waals surface area (Å²) in [5, 5.41) is 12.9.